The fourth-order valence-corrected chi connectivity index (χ4v) is 2.07. The van der Waals surface area contributed by atoms with Crippen LogP contribution in [0, 0.1) is 11.6 Å². The Morgan fingerprint density at radius 1 is 1.37 bits per heavy atom. The van der Waals surface area contributed by atoms with Gasteiger partial charge in [0.15, 0.2) is 11.6 Å². The maximum Gasteiger partial charge on any atom is 0.224 e. The number of carbonyl (C=O) groups is 1. The lowest BCUT2D eigenvalue weighted by Gasteiger charge is -2.11. The van der Waals surface area contributed by atoms with Crippen LogP contribution in [0.25, 0.3) is 0 Å². The van der Waals surface area contributed by atoms with Gasteiger partial charge in [-0.3, -0.25) is 4.79 Å². The Morgan fingerprint density at radius 3 is 2.79 bits per heavy atom. The van der Waals surface area contributed by atoms with Gasteiger partial charge in [0.2, 0.25) is 5.91 Å². The number of rotatable bonds is 4. The zero-order valence-corrected chi connectivity index (χ0v) is 11.2. The molecule has 1 fully saturated rings. The number of amides is 1. The molecule has 19 heavy (non-hydrogen) atoms. The zero-order chi connectivity index (χ0) is 13.0. The molecule has 1 heterocycles. The molecule has 0 radical (unpaired) electrons. The molecular formula is C13H17ClF2N2O. The number of hydrogen-bond donors (Lipinski definition) is 2. The molecule has 1 amide bonds. The first-order chi connectivity index (χ1) is 8.65. The van der Waals surface area contributed by atoms with E-state index in [9.17, 15) is 13.6 Å². The fraction of sp³-hybridized carbons (Fsp3) is 0.462. The molecule has 1 unspecified atom stereocenters. The average Bonchev–Trinajstić information content (AvgIpc) is 2.84. The van der Waals surface area contributed by atoms with Crippen molar-refractivity contribution in [1.29, 1.82) is 0 Å². The molecule has 1 aromatic carbocycles. The monoisotopic (exact) mass is 290 g/mol. The van der Waals surface area contributed by atoms with Crippen LogP contribution in [0.15, 0.2) is 18.2 Å². The second kappa shape index (κ2) is 7.40. The second-order valence-electron chi connectivity index (χ2n) is 4.52. The molecule has 2 N–H and O–H groups in total. The molecule has 1 aromatic rings. The average molecular weight is 291 g/mol. The number of halogens is 3. The van der Waals surface area contributed by atoms with Crippen molar-refractivity contribution in [3.05, 3.63) is 35.4 Å². The molecule has 2 rings (SSSR count). The molecule has 0 aromatic heterocycles. The lowest BCUT2D eigenvalue weighted by Crippen LogP contribution is -2.37. The van der Waals surface area contributed by atoms with Crippen molar-refractivity contribution in [2.75, 3.05) is 13.1 Å². The van der Waals surface area contributed by atoms with E-state index in [2.05, 4.69) is 10.6 Å². The first-order valence-electron chi connectivity index (χ1n) is 6.09. The molecule has 3 nitrogen and oxygen atoms in total. The van der Waals surface area contributed by atoms with Crippen LogP contribution in [0.3, 0.4) is 0 Å². The Kier molecular flexibility index (Phi) is 6.18. The largest absolute Gasteiger partial charge is 0.354 e. The summed E-state index contributed by atoms with van der Waals surface area (Å²) in [5, 5.41) is 6.06. The topological polar surface area (TPSA) is 41.1 Å². The summed E-state index contributed by atoms with van der Waals surface area (Å²) in [6, 6.07) is 3.85. The van der Waals surface area contributed by atoms with Gasteiger partial charge >= 0.3 is 0 Å². The standard InChI is InChI=1S/C13H16F2N2O.ClH/c14-11-4-3-9(6-12(11)15)7-13(18)17-8-10-2-1-5-16-10;/h3-4,6,10,16H,1-2,5,7-8H2,(H,17,18);1H. The highest BCUT2D eigenvalue weighted by molar-refractivity contribution is 5.85. The van der Waals surface area contributed by atoms with Gasteiger partial charge < -0.3 is 10.6 Å². The maximum atomic E-state index is 12.9. The van der Waals surface area contributed by atoms with E-state index in [-0.39, 0.29) is 24.7 Å². The molecule has 6 heteroatoms. The van der Waals surface area contributed by atoms with Crippen LogP contribution < -0.4 is 10.6 Å². The van der Waals surface area contributed by atoms with Gasteiger partial charge in [-0.2, -0.15) is 0 Å². The summed E-state index contributed by atoms with van der Waals surface area (Å²) in [6.07, 6.45) is 2.26. The van der Waals surface area contributed by atoms with Crippen LogP contribution in [0.5, 0.6) is 0 Å². The van der Waals surface area contributed by atoms with Gasteiger partial charge in [-0.15, -0.1) is 12.4 Å². The van der Waals surface area contributed by atoms with Gasteiger partial charge in [-0.25, -0.2) is 8.78 Å². The first-order valence-corrected chi connectivity index (χ1v) is 6.09. The fourth-order valence-electron chi connectivity index (χ4n) is 2.07. The maximum absolute atomic E-state index is 12.9. The third-order valence-corrected chi connectivity index (χ3v) is 3.06. The summed E-state index contributed by atoms with van der Waals surface area (Å²) in [5.41, 5.74) is 0.478. The molecule has 1 aliphatic rings. The predicted octanol–water partition coefficient (Wildman–Crippen LogP) is 1.80. The Balaban J connectivity index is 0.00000180. The van der Waals surface area contributed by atoms with Gasteiger partial charge in [0.1, 0.15) is 0 Å². The zero-order valence-electron chi connectivity index (χ0n) is 10.4. The Labute approximate surface area is 117 Å². The van der Waals surface area contributed by atoms with Gasteiger partial charge in [-0.05, 0) is 37.1 Å². The highest BCUT2D eigenvalue weighted by Crippen LogP contribution is 2.09. The van der Waals surface area contributed by atoms with Crippen molar-refractivity contribution in [2.45, 2.75) is 25.3 Å². The summed E-state index contributed by atoms with van der Waals surface area (Å²) in [5.74, 6) is -1.98. The first kappa shape index (κ1) is 15.9. The quantitative estimate of drug-likeness (QED) is 0.888. The summed E-state index contributed by atoms with van der Waals surface area (Å²) >= 11 is 0. The van der Waals surface area contributed by atoms with E-state index in [1.54, 1.807) is 0 Å². The molecule has 0 aliphatic carbocycles. The molecule has 1 aliphatic heterocycles. The molecular weight excluding hydrogens is 274 g/mol. The van der Waals surface area contributed by atoms with Crippen LogP contribution in [0.1, 0.15) is 18.4 Å². The minimum Gasteiger partial charge on any atom is -0.354 e. The van der Waals surface area contributed by atoms with Crippen LogP contribution in [0.4, 0.5) is 8.78 Å². The highest BCUT2D eigenvalue weighted by Gasteiger charge is 2.15. The Bertz CT molecular complexity index is 437. The van der Waals surface area contributed by atoms with Crippen molar-refractivity contribution in [3.63, 3.8) is 0 Å². The third-order valence-electron chi connectivity index (χ3n) is 3.06. The van der Waals surface area contributed by atoms with E-state index in [0.717, 1.165) is 31.5 Å². The third kappa shape index (κ3) is 4.76. The lowest BCUT2D eigenvalue weighted by molar-refractivity contribution is -0.120. The predicted molar refractivity (Wildman–Crippen MR) is 71.3 cm³/mol. The van der Waals surface area contributed by atoms with Gasteiger partial charge in [0.05, 0.1) is 6.42 Å². The highest BCUT2D eigenvalue weighted by atomic mass is 35.5. The Hall–Kier alpha value is -1.20. The smallest absolute Gasteiger partial charge is 0.224 e. The van der Waals surface area contributed by atoms with Crippen molar-refractivity contribution >= 4 is 18.3 Å². The van der Waals surface area contributed by atoms with Crippen molar-refractivity contribution in [1.82, 2.24) is 10.6 Å². The summed E-state index contributed by atoms with van der Waals surface area (Å²) in [7, 11) is 0. The normalized spacial score (nSPS) is 17.9. The molecule has 1 saturated heterocycles. The van der Waals surface area contributed by atoms with E-state index in [0.29, 0.717) is 18.2 Å². The summed E-state index contributed by atoms with van der Waals surface area (Å²) < 4.78 is 25.6. The number of benzene rings is 1. The van der Waals surface area contributed by atoms with Gasteiger partial charge in [0.25, 0.3) is 0 Å². The molecule has 0 spiro atoms. The molecule has 0 bridgehead atoms. The SMILES string of the molecule is Cl.O=C(Cc1ccc(F)c(F)c1)NCC1CCCN1. The van der Waals surface area contributed by atoms with Crippen LogP contribution in [-0.4, -0.2) is 25.0 Å². The van der Waals surface area contributed by atoms with E-state index < -0.39 is 11.6 Å². The van der Waals surface area contributed by atoms with E-state index >= 15 is 0 Å². The Morgan fingerprint density at radius 2 is 2.16 bits per heavy atom. The number of carbonyl (C=O) groups excluding carboxylic acids is 1. The molecule has 0 saturated carbocycles. The number of nitrogens with one attached hydrogen (secondary N) is 2. The van der Waals surface area contributed by atoms with Crippen molar-refractivity contribution in [3.8, 4) is 0 Å². The summed E-state index contributed by atoms with van der Waals surface area (Å²) in [6.45, 7) is 1.58. The summed E-state index contributed by atoms with van der Waals surface area (Å²) in [4.78, 5) is 11.6. The van der Waals surface area contributed by atoms with Crippen LogP contribution >= 0.6 is 12.4 Å². The molecule has 106 valence electrons. The minimum absolute atomic E-state index is 0. The van der Waals surface area contributed by atoms with Crippen molar-refractivity contribution in [2.24, 2.45) is 0 Å². The number of hydrogen-bond acceptors (Lipinski definition) is 2. The second-order valence-corrected chi connectivity index (χ2v) is 4.52. The van der Waals surface area contributed by atoms with Gasteiger partial charge in [-0.1, -0.05) is 6.07 Å². The van der Waals surface area contributed by atoms with E-state index in [4.69, 9.17) is 0 Å². The van der Waals surface area contributed by atoms with Crippen LogP contribution in [0.2, 0.25) is 0 Å². The van der Waals surface area contributed by atoms with E-state index in [1.807, 2.05) is 0 Å². The lowest BCUT2D eigenvalue weighted by atomic mass is 10.1. The van der Waals surface area contributed by atoms with Crippen molar-refractivity contribution < 1.29 is 13.6 Å². The van der Waals surface area contributed by atoms with E-state index in [1.165, 1.54) is 6.07 Å². The van der Waals surface area contributed by atoms with Crippen LogP contribution in [-0.2, 0) is 11.2 Å². The molecule has 1 atom stereocenters. The minimum atomic E-state index is -0.919. The van der Waals surface area contributed by atoms with Gasteiger partial charge in [0, 0.05) is 12.6 Å².